The van der Waals surface area contributed by atoms with Crippen LogP contribution >= 0.6 is 11.3 Å². The highest BCUT2D eigenvalue weighted by Gasteiger charge is 2.38. The number of nitrogens with zero attached hydrogens (tertiary/aromatic N) is 3. The van der Waals surface area contributed by atoms with E-state index >= 15 is 0 Å². The number of carbonyl (C=O) groups is 1. The fourth-order valence-corrected chi connectivity index (χ4v) is 5.30. The van der Waals surface area contributed by atoms with Crippen LogP contribution in [0.3, 0.4) is 0 Å². The molecule has 0 unspecified atom stereocenters. The Kier molecular flexibility index (Phi) is 6.61. The molecule has 1 saturated heterocycles. The van der Waals surface area contributed by atoms with Gasteiger partial charge in [-0.3, -0.25) is 4.79 Å². The van der Waals surface area contributed by atoms with Gasteiger partial charge in [-0.2, -0.15) is 4.98 Å². The van der Waals surface area contributed by atoms with Gasteiger partial charge in [-0.25, -0.2) is 4.98 Å². The summed E-state index contributed by atoms with van der Waals surface area (Å²) in [5, 5.41) is 10.2. The molecule has 1 N–H and O–H groups in total. The van der Waals surface area contributed by atoms with E-state index in [1.54, 1.807) is 37.5 Å². The standard InChI is InChI=1S/C26H26N4O4S/c1-17-28-23(30-34-17)19-4-3-5-20(14-19)24(31)27-16-26(10-12-33-13-11-26)25-29-22(15-35-25)18-6-8-21(32-2)9-7-18/h3-9,14-15H,10-13,16H2,1-2H3,(H,27,31). The molecule has 0 saturated carbocycles. The van der Waals surface area contributed by atoms with Gasteiger partial charge in [0.1, 0.15) is 10.8 Å². The van der Waals surface area contributed by atoms with Crippen LogP contribution in [0.15, 0.2) is 58.4 Å². The highest BCUT2D eigenvalue weighted by atomic mass is 32.1. The summed E-state index contributed by atoms with van der Waals surface area (Å²) in [7, 11) is 1.65. The van der Waals surface area contributed by atoms with Gasteiger partial charge in [0, 0.05) is 54.2 Å². The van der Waals surface area contributed by atoms with E-state index in [-0.39, 0.29) is 11.3 Å². The summed E-state index contributed by atoms with van der Waals surface area (Å²) in [6.45, 7) is 3.50. The fraction of sp³-hybridized carbons (Fsp3) is 0.308. The van der Waals surface area contributed by atoms with Crippen molar-refractivity contribution < 1.29 is 18.8 Å². The van der Waals surface area contributed by atoms with Gasteiger partial charge in [-0.05, 0) is 49.2 Å². The van der Waals surface area contributed by atoms with Gasteiger partial charge in [0.2, 0.25) is 11.7 Å². The summed E-state index contributed by atoms with van der Waals surface area (Å²) in [5.74, 6) is 1.61. The third-order valence-corrected chi connectivity index (χ3v) is 7.38. The summed E-state index contributed by atoms with van der Waals surface area (Å²) >= 11 is 1.63. The van der Waals surface area contributed by atoms with Crippen molar-refractivity contribution in [2.45, 2.75) is 25.2 Å². The average molecular weight is 491 g/mol. The topological polar surface area (TPSA) is 99.4 Å². The second kappa shape index (κ2) is 9.97. The lowest BCUT2D eigenvalue weighted by Crippen LogP contribution is -2.44. The molecule has 8 nitrogen and oxygen atoms in total. The first-order valence-electron chi connectivity index (χ1n) is 11.4. The molecule has 5 rings (SSSR count). The molecule has 1 fully saturated rings. The molecule has 1 amide bonds. The van der Waals surface area contributed by atoms with Crippen LogP contribution in [0.4, 0.5) is 0 Å². The number of aryl methyl sites for hydroxylation is 1. The first-order chi connectivity index (χ1) is 17.1. The normalized spacial score (nSPS) is 15.0. The molecule has 0 aliphatic carbocycles. The molecule has 4 aromatic rings. The number of ether oxygens (including phenoxy) is 2. The highest BCUT2D eigenvalue weighted by molar-refractivity contribution is 7.10. The van der Waals surface area contributed by atoms with Crippen molar-refractivity contribution in [3.63, 3.8) is 0 Å². The second-order valence-corrected chi connectivity index (χ2v) is 9.42. The lowest BCUT2D eigenvalue weighted by molar-refractivity contribution is 0.0486. The van der Waals surface area contributed by atoms with E-state index in [9.17, 15) is 4.79 Å². The third-order valence-electron chi connectivity index (χ3n) is 6.29. The maximum Gasteiger partial charge on any atom is 0.251 e. The summed E-state index contributed by atoms with van der Waals surface area (Å²) in [5.41, 5.74) is 2.97. The molecule has 0 radical (unpaired) electrons. The number of carbonyl (C=O) groups excluding carboxylic acids is 1. The van der Waals surface area contributed by atoms with Crippen molar-refractivity contribution in [3.8, 4) is 28.4 Å². The van der Waals surface area contributed by atoms with Crippen molar-refractivity contribution in [3.05, 3.63) is 70.4 Å². The molecule has 2 aromatic heterocycles. The van der Waals surface area contributed by atoms with Crippen LogP contribution in [0.25, 0.3) is 22.6 Å². The molecular weight excluding hydrogens is 464 g/mol. The number of hydrogen-bond donors (Lipinski definition) is 1. The zero-order valence-corrected chi connectivity index (χ0v) is 20.4. The maximum atomic E-state index is 13.1. The Labute approximate surface area is 207 Å². The minimum atomic E-state index is -0.272. The SMILES string of the molecule is COc1ccc(-c2csc(C3(CNC(=O)c4cccc(-c5noc(C)n5)c4)CCOCC3)n2)cc1. The molecule has 1 aliphatic rings. The number of hydrogen-bond acceptors (Lipinski definition) is 8. The van der Waals surface area contributed by atoms with Crippen molar-refractivity contribution >= 4 is 17.2 Å². The molecule has 2 aromatic carbocycles. The monoisotopic (exact) mass is 490 g/mol. The lowest BCUT2D eigenvalue weighted by atomic mass is 9.80. The number of methoxy groups -OCH3 is 1. The van der Waals surface area contributed by atoms with Crippen LogP contribution in [0.2, 0.25) is 0 Å². The smallest absolute Gasteiger partial charge is 0.251 e. The minimum absolute atomic E-state index is 0.148. The Bertz CT molecular complexity index is 1310. The molecule has 0 spiro atoms. The molecule has 0 atom stereocenters. The van der Waals surface area contributed by atoms with Gasteiger partial charge >= 0.3 is 0 Å². The fourth-order valence-electron chi connectivity index (χ4n) is 4.21. The average Bonchev–Trinajstić information content (AvgIpc) is 3.58. The van der Waals surface area contributed by atoms with E-state index < -0.39 is 0 Å². The highest BCUT2D eigenvalue weighted by Crippen LogP contribution is 2.38. The molecule has 35 heavy (non-hydrogen) atoms. The molecule has 3 heterocycles. The van der Waals surface area contributed by atoms with Crippen LogP contribution in [-0.2, 0) is 10.2 Å². The maximum absolute atomic E-state index is 13.1. The van der Waals surface area contributed by atoms with Crippen LogP contribution in [0.5, 0.6) is 5.75 Å². The molecule has 0 bridgehead atoms. The van der Waals surface area contributed by atoms with Crippen LogP contribution < -0.4 is 10.1 Å². The molecule has 180 valence electrons. The van der Waals surface area contributed by atoms with Crippen molar-refractivity contribution in [2.75, 3.05) is 26.9 Å². The number of rotatable bonds is 7. The Hall–Kier alpha value is -3.56. The molecular formula is C26H26N4O4S. The Morgan fingerprint density at radius 3 is 2.63 bits per heavy atom. The Morgan fingerprint density at radius 1 is 1.11 bits per heavy atom. The Morgan fingerprint density at radius 2 is 1.91 bits per heavy atom. The van der Waals surface area contributed by atoms with Crippen LogP contribution in [-0.4, -0.2) is 47.9 Å². The predicted molar refractivity (Wildman–Crippen MR) is 133 cm³/mol. The van der Waals surface area contributed by atoms with E-state index in [0.717, 1.165) is 40.4 Å². The van der Waals surface area contributed by atoms with Crippen molar-refractivity contribution in [1.82, 2.24) is 20.4 Å². The summed E-state index contributed by atoms with van der Waals surface area (Å²) in [6, 6.07) is 15.1. The van der Waals surface area contributed by atoms with E-state index in [1.165, 1.54) is 0 Å². The van der Waals surface area contributed by atoms with E-state index in [2.05, 4.69) is 20.8 Å². The summed E-state index contributed by atoms with van der Waals surface area (Å²) in [4.78, 5) is 22.3. The van der Waals surface area contributed by atoms with E-state index in [1.807, 2.05) is 36.4 Å². The quantitative estimate of drug-likeness (QED) is 0.402. The summed E-state index contributed by atoms with van der Waals surface area (Å²) in [6.07, 6.45) is 1.59. The largest absolute Gasteiger partial charge is 0.497 e. The van der Waals surface area contributed by atoms with Gasteiger partial charge in [0.15, 0.2) is 0 Å². The molecule has 9 heteroatoms. The van der Waals surface area contributed by atoms with Gasteiger partial charge in [-0.1, -0.05) is 17.3 Å². The second-order valence-electron chi connectivity index (χ2n) is 8.56. The van der Waals surface area contributed by atoms with Crippen molar-refractivity contribution in [2.24, 2.45) is 0 Å². The zero-order chi connectivity index (χ0) is 24.3. The number of thiazole rings is 1. The van der Waals surface area contributed by atoms with Gasteiger partial charge in [0.05, 0.1) is 12.8 Å². The van der Waals surface area contributed by atoms with Gasteiger partial charge in [-0.15, -0.1) is 11.3 Å². The first kappa shape index (κ1) is 23.2. The first-order valence-corrected chi connectivity index (χ1v) is 12.3. The molecule has 1 aliphatic heterocycles. The Balaban J connectivity index is 1.34. The predicted octanol–water partition coefficient (Wildman–Crippen LogP) is 4.66. The van der Waals surface area contributed by atoms with E-state index in [0.29, 0.717) is 37.0 Å². The number of aromatic nitrogens is 3. The minimum Gasteiger partial charge on any atom is -0.497 e. The number of amides is 1. The van der Waals surface area contributed by atoms with Crippen LogP contribution in [0.1, 0.15) is 34.1 Å². The van der Waals surface area contributed by atoms with Gasteiger partial charge in [0.25, 0.3) is 5.91 Å². The summed E-state index contributed by atoms with van der Waals surface area (Å²) < 4.78 is 16.0. The lowest BCUT2D eigenvalue weighted by Gasteiger charge is -2.35. The van der Waals surface area contributed by atoms with Crippen LogP contribution in [0, 0.1) is 6.92 Å². The third kappa shape index (κ3) is 4.96. The zero-order valence-electron chi connectivity index (χ0n) is 19.6. The van der Waals surface area contributed by atoms with E-state index in [4.69, 9.17) is 19.0 Å². The number of benzene rings is 2. The number of nitrogens with one attached hydrogen (secondary N) is 1. The van der Waals surface area contributed by atoms with Crippen molar-refractivity contribution in [1.29, 1.82) is 0 Å². The van der Waals surface area contributed by atoms with Gasteiger partial charge < -0.3 is 19.3 Å².